The highest BCUT2D eigenvalue weighted by atomic mass is 16.3. The van der Waals surface area contributed by atoms with Gasteiger partial charge in [-0.1, -0.05) is 24.3 Å². The second-order valence-corrected chi connectivity index (χ2v) is 6.70. The molecule has 0 spiro atoms. The van der Waals surface area contributed by atoms with Gasteiger partial charge in [-0.2, -0.15) is 0 Å². The lowest BCUT2D eigenvalue weighted by atomic mass is 9.89. The average molecular weight is 288 g/mol. The zero-order valence-electron chi connectivity index (χ0n) is 12.4. The number of rotatable bonds is 5. The third kappa shape index (κ3) is 3.83. The van der Waals surface area contributed by atoms with Crippen LogP contribution in [0, 0.1) is 0 Å². The number of hydrogen-bond donors (Lipinski definition) is 2. The van der Waals surface area contributed by atoms with Gasteiger partial charge in [-0.15, -0.1) is 0 Å². The predicted octanol–water partition coefficient (Wildman–Crippen LogP) is 1.77. The molecule has 2 aliphatic rings. The van der Waals surface area contributed by atoms with Crippen LogP contribution in [-0.4, -0.2) is 34.6 Å². The molecule has 21 heavy (non-hydrogen) atoms. The molecular formula is C17H24N2O2. The van der Waals surface area contributed by atoms with Gasteiger partial charge in [-0.3, -0.25) is 9.69 Å². The summed E-state index contributed by atoms with van der Waals surface area (Å²) in [5.41, 5.74) is 7.01. The zero-order valence-corrected chi connectivity index (χ0v) is 12.4. The van der Waals surface area contributed by atoms with Crippen molar-refractivity contribution in [3.8, 4) is 0 Å². The van der Waals surface area contributed by atoms with Crippen LogP contribution in [0.25, 0.3) is 0 Å². The molecule has 0 radical (unpaired) electrons. The number of amides is 1. The Hall–Kier alpha value is -1.39. The van der Waals surface area contributed by atoms with Crippen molar-refractivity contribution in [3.63, 3.8) is 0 Å². The Morgan fingerprint density at radius 1 is 1.33 bits per heavy atom. The van der Waals surface area contributed by atoms with Gasteiger partial charge in [0.1, 0.15) is 0 Å². The van der Waals surface area contributed by atoms with Crippen molar-refractivity contribution in [1.29, 1.82) is 0 Å². The molecule has 1 aliphatic heterocycles. The summed E-state index contributed by atoms with van der Waals surface area (Å²) in [6.07, 6.45) is 4.28. The summed E-state index contributed by atoms with van der Waals surface area (Å²) in [4.78, 5) is 13.3. The van der Waals surface area contributed by atoms with Gasteiger partial charge >= 0.3 is 0 Å². The minimum atomic E-state index is -0.946. The smallest absolute Gasteiger partial charge is 0.220 e. The first kappa shape index (κ1) is 14.5. The van der Waals surface area contributed by atoms with Crippen LogP contribution in [0.15, 0.2) is 24.3 Å². The van der Waals surface area contributed by atoms with Crippen LogP contribution < -0.4 is 5.73 Å². The van der Waals surface area contributed by atoms with E-state index in [9.17, 15) is 9.90 Å². The van der Waals surface area contributed by atoms with Gasteiger partial charge < -0.3 is 10.8 Å². The number of β-amino-alcohol motifs (C(OH)–C–C–N with tert-alkyl or cyclic N) is 1. The number of nitrogens with two attached hydrogens (primary N) is 1. The zero-order chi connectivity index (χ0) is 14.9. The third-order valence-electron chi connectivity index (χ3n) is 4.57. The Morgan fingerprint density at radius 3 is 2.67 bits per heavy atom. The van der Waals surface area contributed by atoms with Gasteiger partial charge in [0.05, 0.1) is 12.0 Å². The van der Waals surface area contributed by atoms with E-state index in [1.54, 1.807) is 0 Å². The Morgan fingerprint density at radius 2 is 2.05 bits per heavy atom. The second kappa shape index (κ2) is 5.78. The van der Waals surface area contributed by atoms with Crippen LogP contribution in [0.3, 0.4) is 0 Å². The maximum atomic E-state index is 11.1. The van der Waals surface area contributed by atoms with Crippen LogP contribution in [0.1, 0.15) is 49.1 Å². The molecule has 1 atom stereocenters. The molecule has 1 aromatic rings. The fourth-order valence-electron chi connectivity index (χ4n) is 3.38. The second-order valence-electron chi connectivity index (χ2n) is 6.70. The molecule has 1 aromatic carbocycles. The summed E-state index contributed by atoms with van der Waals surface area (Å²) in [6.45, 7) is 2.32. The Labute approximate surface area is 125 Å². The lowest BCUT2D eigenvalue weighted by Gasteiger charge is -2.38. The lowest BCUT2D eigenvalue weighted by Crippen LogP contribution is -2.49. The molecule has 1 saturated heterocycles. The fraction of sp³-hybridized carbons (Fsp3) is 0.588. The number of carbonyl (C=O) groups excluding carboxylic acids is 1. The van der Waals surface area contributed by atoms with Crippen molar-refractivity contribution in [3.05, 3.63) is 35.4 Å². The average Bonchev–Trinajstić information content (AvgIpc) is 3.22. The SMILES string of the molecule is NC(=O)CC1(O)CCCN(Cc2ccc(C3CC3)cc2)C1. The van der Waals surface area contributed by atoms with E-state index >= 15 is 0 Å². The summed E-state index contributed by atoms with van der Waals surface area (Å²) in [5, 5.41) is 10.5. The van der Waals surface area contributed by atoms with Gasteiger partial charge in [0.2, 0.25) is 5.91 Å². The monoisotopic (exact) mass is 288 g/mol. The molecule has 3 rings (SSSR count). The molecule has 1 aliphatic carbocycles. The molecule has 4 heteroatoms. The minimum Gasteiger partial charge on any atom is -0.388 e. The number of aliphatic hydroxyl groups is 1. The normalized spacial score (nSPS) is 26.7. The molecule has 2 fully saturated rings. The largest absolute Gasteiger partial charge is 0.388 e. The number of likely N-dealkylation sites (tertiary alicyclic amines) is 1. The van der Waals surface area contributed by atoms with Gasteiger partial charge in [-0.25, -0.2) is 0 Å². The molecule has 1 amide bonds. The highest BCUT2D eigenvalue weighted by molar-refractivity contribution is 5.75. The Balaban J connectivity index is 1.59. The maximum absolute atomic E-state index is 11.1. The van der Waals surface area contributed by atoms with E-state index in [0.717, 1.165) is 25.4 Å². The van der Waals surface area contributed by atoms with E-state index in [-0.39, 0.29) is 6.42 Å². The molecule has 1 saturated carbocycles. The van der Waals surface area contributed by atoms with Crippen LogP contribution in [0.5, 0.6) is 0 Å². The van der Waals surface area contributed by atoms with E-state index < -0.39 is 11.5 Å². The standard InChI is InChI=1S/C17H24N2O2/c18-16(20)10-17(21)8-1-9-19(12-17)11-13-2-4-14(5-3-13)15-6-7-15/h2-5,15,21H,1,6-12H2,(H2,18,20). The number of hydrogen-bond acceptors (Lipinski definition) is 3. The van der Waals surface area contributed by atoms with Crippen molar-refractivity contribution in [2.24, 2.45) is 5.73 Å². The summed E-state index contributed by atoms with van der Waals surface area (Å²) in [7, 11) is 0. The number of primary amides is 1. The molecule has 3 N–H and O–H groups in total. The van der Waals surface area contributed by atoms with Gasteiger partial charge in [0, 0.05) is 13.1 Å². The topological polar surface area (TPSA) is 66.6 Å². The molecule has 114 valence electrons. The van der Waals surface area contributed by atoms with Crippen molar-refractivity contribution in [2.75, 3.05) is 13.1 Å². The minimum absolute atomic E-state index is 0.0596. The van der Waals surface area contributed by atoms with Crippen molar-refractivity contribution in [2.45, 2.75) is 50.2 Å². The van der Waals surface area contributed by atoms with E-state index in [2.05, 4.69) is 29.2 Å². The summed E-state index contributed by atoms with van der Waals surface area (Å²) in [5.74, 6) is 0.364. The first-order chi connectivity index (χ1) is 10.0. The first-order valence-corrected chi connectivity index (χ1v) is 7.86. The van der Waals surface area contributed by atoms with Gasteiger partial charge in [0.15, 0.2) is 0 Å². The fourth-order valence-corrected chi connectivity index (χ4v) is 3.38. The molecule has 4 nitrogen and oxygen atoms in total. The van der Waals surface area contributed by atoms with E-state index in [4.69, 9.17) is 5.73 Å². The van der Waals surface area contributed by atoms with Crippen LogP contribution >= 0.6 is 0 Å². The molecule has 0 aromatic heterocycles. The van der Waals surface area contributed by atoms with Crippen LogP contribution in [0.2, 0.25) is 0 Å². The predicted molar refractivity (Wildman–Crippen MR) is 81.7 cm³/mol. The van der Waals surface area contributed by atoms with Crippen LogP contribution in [-0.2, 0) is 11.3 Å². The molecule has 0 bridgehead atoms. The van der Waals surface area contributed by atoms with E-state index in [1.807, 2.05) is 0 Å². The summed E-state index contributed by atoms with van der Waals surface area (Å²) < 4.78 is 0. The number of benzene rings is 1. The van der Waals surface area contributed by atoms with E-state index in [1.165, 1.54) is 24.0 Å². The lowest BCUT2D eigenvalue weighted by molar-refractivity contribution is -0.125. The van der Waals surface area contributed by atoms with Gasteiger partial charge in [0.25, 0.3) is 0 Å². The van der Waals surface area contributed by atoms with Crippen molar-refractivity contribution >= 4 is 5.91 Å². The highest BCUT2D eigenvalue weighted by Gasteiger charge is 2.34. The highest BCUT2D eigenvalue weighted by Crippen LogP contribution is 2.40. The first-order valence-electron chi connectivity index (χ1n) is 7.86. The summed E-state index contributed by atoms with van der Waals surface area (Å²) >= 11 is 0. The van der Waals surface area contributed by atoms with E-state index in [0.29, 0.717) is 13.0 Å². The number of carbonyl (C=O) groups is 1. The third-order valence-corrected chi connectivity index (χ3v) is 4.57. The molecule has 1 heterocycles. The Kier molecular flexibility index (Phi) is 4.00. The number of piperidine rings is 1. The summed E-state index contributed by atoms with van der Waals surface area (Å²) in [6, 6.07) is 8.84. The quantitative estimate of drug-likeness (QED) is 0.867. The van der Waals surface area contributed by atoms with Gasteiger partial charge in [-0.05, 0) is 49.3 Å². The molecule has 1 unspecified atom stereocenters. The maximum Gasteiger partial charge on any atom is 0.220 e. The number of nitrogens with zero attached hydrogens (tertiary/aromatic N) is 1. The van der Waals surface area contributed by atoms with Crippen molar-refractivity contribution in [1.82, 2.24) is 4.90 Å². The van der Waals surface area contributed by atoms with Crippen LogP contribution in [0.4, 0.5) is 0 Å². The van der Waals surface area contributed by atoms with Crippen molar-refractivity contribution < 1.29 is 9.90 Å². The Bertz CT molecular complexity index is 510. The molecular weight excluding hydrogens is 264 g/mol.